The zero-order chi connectivity index (χ0) is 15.5. The topological polar surface area (TPSA) is 58.2 Å². The Morgan fingerprint density at radius 1 is 1.29 bits per heavy atom. The first-order valence-corrected chi connectivity index (χ1v) is 8.29. The number of hydrogen-bond donors (Lipinski definition) is 2. The van der Waals surface area contributed by atoms with E-state index in [1.165, 1.54) is 18.2 Å². The van der Waals surface area contributed by atoms with Crippen LogP contribution in [0.1, 0.15) is 24.0 Å². The van der Waals surface area contributed by atoms with Crippen LogP contribution < -0.4 is 10.0 Å². The van der Waals surface area contributed by atoms with Gasteiger partial charge in [0.1, 0.15) is 0 Å². The Morgan fingerprint density at radius 3 is 2.62 bits per heavy atom. The number of nitrogens with one attached hydrogen (secondary N) is 2. The number of hydrogen-bond acceptors (Lipinski definition) is 3. The Morgan fingerprint density at radius 2 is 2.00 bits per heavy atom. The molecule has 2 rings (SSSR count). The second kappa shape index (κ2) is 6.33. The minimum atomic E-state index is -4.56. The maximum Gasteiger partial charge on any atom is 0.416 e. The monoisotopic (exact) mass is 322 g/mol. The maximum absolute atomic E-state index is 12.9. The molecule has 4 nitrogen and oxygen atoms in total. The van der Waals surface area contributed by atoms with Crippen molar-refractivity contribution >= 4 is 10.0 Å². The lowest BCUT2D eigenvalue weighted by molar-refractivity contribution is -0.138. The van der Waals surface area contributed by atoms with Gasteiger partial charge in [-0.3, -0.25) is 0 Å². The smallest absolute Gasteiger partial charge is 0.315 e. The summed E-state index contributed by atoms with van der Waals surface area (Å²) in [5.41, 5.74) is -1.14. The molecule has 1 saturated heterocycles. The van der Waals surface area contributed by atoms with Gasteiger partial charge in [0.15, 0.2) is 0 Å². The van der Waals surface area contributed by atoms with Crippen molar-refractivity contribution in [3.05, 3.63) is 35.4 Å². The lowest BCUT2D eigenvalue weighted by Gasteiger charge is -2.24. The van der Waals surface area contributed by atoms with Gasteiger partial charge in [0.2, 0.25) is 10.0 Å². The summed E-state index contributed by atoms with van der Waals surface area (Å²) >= 11 is 0. The van der Waals surface area contributed by atoms with E-state index in [9.17, 15) is 21.6 Å². The molecule has 0 bridgehead atoms. The van der Waals surface area contributed by atoms with Gasteiger partial charge in [0.05, 0.1) is 11.3 Å². The highest BCUT2D eigenvalue weighted by molar-refractivity contribution is 7.88. The van der Waals surface area contributed by atoms with Crippen molar-refractivity contribution in [3.8, 4) is 0 Å². The molecule has 21 heavy (non-hydrogen) atoms. The average molecular weight is 322 g/mol. The van der Waals surface area contributed by atoms with Crippen LogP contribution in [0.15, 0.2) is 24.3 Å². The Balaban J connectivity index is 2.13. The molecule has 0 aromatic heterocycles. The summed E-state index contributed by atoms with van der Waals surface area (Å²) < 4.78 is 65.1. The molecule has 0 radical (unpaired) electrons. The molecule has 1 fully saturated rings. The van der Waals surface area contributed by atoms with Crippen molar-refractivity contribution in [1.29, 1.82) is 0 Å². The van der Waals surface area contributed by atoms with Crippen molar-refractivity contribution in [2.75, 3.05) is 13.1 Å². The van der Waals surface area contributed by atoms with Crippen molar-refractivity contribution < 1.29 is 21.6 Å². The van der Waals surface area contributed by atoms with Crippen LogP contribution in [-0.2, 0) is 22.0 Å². The predicted molar refractivity (Wildman–Crippen MR) is 73.1 cm³/mol. The van der Waals surface area contributed by atoms with Gasteiger partial charge in [-0.2, -0.15) is 13.2 Å². The summed E-state index contributed by atoms with van der Waals surface area (Å²) in [6, 6.07) is 4.48. The van der Waals surface area contributed by atoms with Crippen molar-refractivity contribution in [2.45, 2.75) is 30.8 Å². The second-order valence-corrected chi connectivity index (χ2v) is 6.83. The predicted octanol–water partition coefficient (Wildman–Crippen LogP) is 1.88. The largest absolute Gasteiger partial charge is 0.416 e. The zero-order valence-corrected chi connectivity index (χ0v) is 12.1. The molecule has 1 heterocycles. The van der Waals surface area contributed by atoms with Gasteiger partial charge in [0, 0.05) is 12.6 Å². The summed E-state index contributed by atoms with van der Waals surface area (Å²) in [4.78, 5) is 0. The lowest BCUT2D eigenvalue weighted by atomic mass is 10.1. The van der Waals surface area contributed by atoms with E-state index in [1.54, 1.807) is 0 Å². The molecule has 0 aliphatic carbocycles. The Labute approximate surface area is 121 Å². The van der Waals surface area contributed by atoms with Gasteiger partial charge >= 0.3 is 6.18 Å². The molecule has 1 aliphatic rings. The summed E-state index contributed by atoms with van der Waals surface area (Å²) in [6.07, 6.45) is -3.03. The molecule has 8 heteroatoms. The summed E-state index contributed by atoms with van der Waals surface area (Å²) in [6.45, 7) is 1.33. The average Bonchev–Trinajstić information content (AvgIpc) is 2.38. The number of halogens is 3. The van der Waals surface area contributed by atoms with E-state index >= 15 is 0 Å². The van der Waals surface area contributed by atoms with Crippen LogP contribution in [0.2, 0.25) is 0 Å². The third kappa shape index (κ3) is 4.69. The molecule has 1 aromatic rings. The van der Waals surface area contributed by atoms with Crippen molar-refractivity contribution in [1.82, 2.24) is 10.0 Å². The number of alkyl halides is 3. The fraction of sp³-hybridized carbons (Fsp3) is 0.538. The quantitative estimate of drug-likeness (QED) is 0.890. The third-order valence-corrected chi connectivity index (χ3v) is 4.69. The minimum Gasteiger partial charge on any atom is -0.315 e. The first-order valence-electron chi connectivity index (χ1n) is 6.64. The van der Waals surface area contributed by atoms with Crippen LogP contribution in [0.3, 0.4) is 0 Å². The molecule has 118 valence electrons. The summed E-state index contributed by atoms with van der Waals surface area (Å²) in [5.74, 6) is -0.667. The normalized spacial score (nSPS) is 20.4. The van der Waals surface area contributed by atoms with E-state index in [1.807, 2.05) is 0 Å². The highest BCUT2D eigenvalue weighted by Gasteiger charge is 2.34. The number of piperidine rings is 1. The molecule has 1 aromatic carbocycles. The fourth-order valence-corrected chi connectivity index (χ4v) is 3.83. The van der Waals surface area contributed by atoms with E-state index in [0.29, 0.717) is 13.0 Å². The SMILES string of the molecule is O=S(=O)(Cc1ccccc1C(F)(F)F)N[C@H]1CCCNC1. The summed E-state index contributed by atoms with van der Waals surface area (Å²) in [5, 5.41) is 3.05. The maximum atomic E-state index is 12.9. The molecule has 0 spiro atoms. The molecular formula is C13H17F3N2O2S. The van der Waals surface area contributed by atoms with Gasteiger partial charge < -0.3 is 5.32 Å². The standard InChI is InChI=1S/C13H17F3N2O2S/c14-13(15,16)12-6-2-1-4-10(12)9-21(19,20)18-11-5-3-7-17-8-11/h1-2,4,6,11,17-18H,3,5,7-9H2/t11-/m0/s1. The van der Waals surface area contributed by atoms with E-state index in [4.69, 9.17) is 0 Å². The van der Waals surface area contributed by atoms with Crippen LogP contribution in [0, 0.1) is 0 Å². The fourth-order valence-electron chi connectivity index (χ4n) is 2.38. The van der Waals surface area contributed by atoms with E-state index in [2.05, 4.69) is 10.0 Å². The van der Waals surface area contributed by atoms with Gasteiger partial charge in [-0.1, -0.05) is 18.2 Å². The van der Waals surface area contributed by atoms with Crippen LogP contribution in [0.5, 0.6) is 0 Å². The molecule has 2 N–H and O–H groups in total. The molecular weight excluding hydrogens is 305 g/mol. The second-order valence-electron chi connectivity index (χ2n) is 5.08. The molecule has 0 saturated carbocycles. The minimum absolute atomic E-state index is 0.235. The highest BCUT2D eigenvalue weighted by Crippen LogP contribution is 2.32. The third-order valence-electron chi connectivity index (χ3n) is 3.31. The van der Waals surface area contributed by atoms with Crippen molar-refractivity contribution in [2.24, 2.45) is 0 Å². The molecule has 0 amide bonds. The van der Waals surface area contributed by atoms with Crippen LogP contribution in [-0.4, -0.2) is 27.5 Å². The van der Waals surface area contributed by atoms with E-state index in [0.717, 1.165) is 19.0 Å². The van der Waals surface area contributed by atoms with E-state index in [-0.39, 0.29) is 11.6 Å². The zero-order valence-electron chi connectivity index (χ0n) is 11.3. The highest BCUT2D eigenvalue weighted by atomic mass is 32.2. The molecule has 0 unspecified atom stereocenters. The number of rotatable bonds is 4. The Bertz CT molecular complexity index is 581. The molecule has 1 aliphatic heterocycles. The Hall–Kier alpha value is -1.12. The van der Waals surface area contributed by atoms with Crippen molar-refractivity contribution in [3.63, 3.8) is 0 Å². The number of sulfonamides is 1. The number of benzene rings is 1. The van der Waals surface area contributed by atoms with Gasteiger partial charge in [-0.05, 0) is 31.0 Å². The van der Waals surface area contributed by atoms with Crippen LogP contribution >= 0.6 is 0 Å². The lowest BCUT2D eigenvalue weighted by Crippen LogP contribution is -2.45. The summed E-state index contributed by atoms with van der Waals surface area (Å²) in [7, 11) is -3.81. The Kier molecular flexibility index (Phi) is 4.90. The van der Waals surface area contributed by atoms with Gasteiger partial charge in [-0.25, -0.2) is 13.1 Å². The van der Waals surface area contributed by atoms with Crippen LogP contribution in [0.25, 0.3) is 0 Å². The molecule has 1 atom stereocenters. The first kappa shape index (κ1) is 16.3. The van der Waals surface area contributed by atoms with Crippen LogP contribution in [0.4, 0.5) is 13.2 Å². The van der Waals surface area contributed by atoms with Gasteiger partial charge in [0.25, 0.3) is 0 Å². The first-order chi connectivity index (χ1) is 9.78. The van der Waals surface area contributed by atoms with Gasteiger partial charge in [-0.15, -0.1) is 0 Å². The van der Waals surface area contributed by atoms with E-state index < -0.39 is 27.5 Å².